The van der Waals surface area contributed by atoms with Crippen LogP contribution >= 0.6 is 11.6 Å². The topological polar surface area (TPSA) is 12.9 Å². The van der Waals surface area contributed by atoms with Crippen LogP contribution in [-0.2, 0) is 6.42 Å². The van der Waals surface area contributed by atoms with E-state index in [4.69, 9.17) is 14.3 Å². The van der Waals surface area contributed by atoms with Crippen molar-refractivity contribution in [3.05, 3.63) is 30.0 Å². The average Bonchev–Trinajstić information content (AvgIpc) is 1.99. The van der Waals surface area contributed by atoms with Gasteiger partial charge in [0.25, 0.3) is 0 Å². The van der Waals surface area contributed by atoms with E-state index in [1.165, 1.54) is 12.3 Å². The monoisotopic (exact) mass is 143 g/mol. The number of rotatable bonds is 2. The highest BCUT2D eigenvalue weighted by atomic mass is 35.5. The van der Waals surface area contributed by atoms with E-state index >= 15 is 0 Å². The summed E-state index contributed by atoms with van der Waals surface area (Å²) in [7, 11) is 0. The van der Waals surface area contributed by atoms with Crippen molar-refractivity contribution < 1.29 is 2.74 Å². The molecule has 0 radical (unpaired) electrons. The minimum atomic E-state index is 0.188. The van der Waals surface area contributed by atoms with E-state index < -0.39 is 0 Å². The van der Waals surface area contributed by atoms with Crippen LogP contribution in [0.5, 0.6) is 0 Å². The Morgan fingerprint density at radius 2 is 2.67 bits per heavy atom. The summed E-state index contributed by atoms with van der Waals surface area (Å²) in [5, 5.41) is 0. The number of aromatic nitrogens is 1. The van der Waals surface area contributed by atoms with Gasteiger partial charge >= 0.3 is 0 Å². The Morgan fingerprint density at radius 1 is 1.78 bits per heavy atom. The Hall–Kier alpha value is -0.560. The molecule has 0 fully saturated rings. The van der Waals surface area contributed by atoms with Gasteiger partial charge in [0.15, 0.2) is 0 Å². The van der Waals surface area contributed by atoms with Crippen molar-refractivity contribution in [2.45, 2.75) is 6.42 Å². The highest BCUT2D eigenvalue weighted by Crippen LogP contribution is 1.94. The predicted molar refractivity (Wildman–Crippen MR) is 38.7 cm³/mol. The van der Waals surface area contributed by atoms with Crippen LogP contribution in [-0.4, -0.2) is 10.9 Å². The Bertz CT molecular complexity index is 252. The molecule has 0 saturated heterocycles. The van der Waals surface area contributed by atoms with E-state index in [2.05, 4.69) is 4.98 Å². The first-order valence-corrected chi connectivity index (χ1v) is 3.26. The maximum atomic E-state index is 7.39. The minimum Gasteiger partial charge on any atom is -0.261 e. The molecular formula is C7H8ClN. The average molecular weight is 144 g/mol. The predicted octanol–water partition coefficient (Wildman–Crippen LogP) is 1.86. The zero-order chi connectivity index (χ0) is 8.27. The number of hydrogen-bond donors (Lipinski definition) is 0. The zero-order valence-corrected chi connectivity index (χ0v) is 5.65. The van der Waals surface area contributed by atoms with Gasteiger partial charge < -0.3 is 0 Å². The van der Waals surface area contributed by atoms with Crippen LogP contribution in [0.15, 0.2) is 24.3 Å². The van der Waals surface area contributed by atoms with Gasteiger partial charge in [-0.3, -0.25) is 4.98 Å². The normalized spacial score (nSPS) is 12.6. The highest BCUT2D eigenvalue weighted by molar-refractivity contribution is 6.17. The molecule has 0 atom stereocenters. The van der Waals surface area contributed by atoms with Gasteiger partial charge in [-0.05, 0) is 12.1 Å². The summed E-state index contributed by atoms with van der Waals surface area (Å²) in [5.41, 5.74) is 0.604. The van der Waals surface area contributed by atoms with Gasteiger partial charge in [-0.15, -0.1) is 11.6 Å². The van der Waals surface area contributed by atoms with Crippen LogP contribution in [0.2, 0.25) is 0 Å². The first-order valence-electron chi connectivity index (χ1n) is 3.72. The van der Waals surface area contributed by atoms with Crippen LogP contribution in [0.1, 0.15) is 8.44 Å². The summed E-state index contributed by atoms with van der Waals surface area (Å²) < 4.78 is 14.7. The number of pyridine rings is 1. The van der Waals surface area contributed by atoms with Gasteiger partial charge in [0.2, 0.25) is 0 Å². The second-order valence-corrected chi connectivity index (χ2v) is 1.98. The minimum absolute atomic E-state index is 0.188. The third-order valence-electron chi connectivity index (χ3n) is 0.936. The van der Waals surface area contributed by atoms with Crippen molar-refractivity contribution in [2.24, 2.45) is 0 Å². The third-order valence-corrected chi connectivity index (χ3v) is 1.12. The Kier molecular flexibility index (Phi) is 1.65. The molecule has 0 aliphatic heterocycles. The van der Waals surface area contributed by atoms with E-state index in [0.717, 1.165) is 0 Å². The lowest BCUT2D eigenvalue weighted by molar-refractivity contribution is 1.04. The van der Waals surface area contributed by atoms with E-state index in [-0.39, 0.29) is 12.1 Å². The smallest absolute Gasteiger partial charge is 0.0642 e. The second-order valence-electron chi connectivity index (χ2n) is 1.60. The SMILES string of the molecule is [2H]c1ccnc(CCCl)c1[2H]. The molecule has 1 heterocycles. The zero-order valence-electron chi connectivity index (χ0n) is 6.89. The molecule has 0 N–H and O–H groups in total. The standard InChI is InChI=1S/C7H8ClN/c8-5-4-7-3-1-2-6-9-7/h1-3,6H,4-5H2/i1D,3D. The van der Waals surface area contributed by atoms with Crippen molar-refractivity contribution in [2.75, 3.05) is 5.88 Å². The molecule has 1 aromatic heterocycles. The molecule has 0 aliphatic rings. The fourth-order valence-corrected chi connectivity index (χ4v) is 0.717. The van der Waals surface area contributed by atoms with Crippen LogP contribution in [0.3, 0.4) is 0 Å². The molecule has 0 amide bonds. The number of nitrogens with zero attached hydrogens (tertiary/aromatic N) is 1. The Balaban J connectivity index is 2.96. The first-order chi connectivity index (χ1) is 5.25. The molecule has 0 aliphatic carbocycles. The molecule has 0 unspecified atom stereocenters. The summed E-state index contributed by atoms with van der Waals surface area (Å²) >= 11 is 5.48. The molecule has 1 rings (SSSR count). The van der Waals surface area contributed by atoms with Crippen molar-refractivity contribution in [3.8, 4) is 0 Å². The lowest BCUT2D eigenvalue weighted by atomic mass is 10.3. The molecule has 0 bridgehead atoms. The van der Waals surface area contributed by atoms with E-state index in [1.807, 2.05) is 0 Å². The van der Waals surface area contributed by atoms with E-state index in [1.54, 1.807) is 0 Å². The molecule has 1 aromatic rings. The molecule has 0 saturated carbocycles. The van der Waals surface area contributed by atoms with Crippen molar-refractivity contribution >= 4 is 11.6 Å². The third kappa shape index (κ3) is 2.02. The van der Waals surface area contributed by atoms with Gasteiger partial charge in [0.1, 0.15) is 0 Å². The van der Waals surface area contributed by atoms with Gasteiger partial charge in [0.05, 0.1) is 2.74 Å². The number of hydrogen-bond acceptors (Lipinski definition) is 1. The fraction of sp³-hybridized carbons (Fsp3) is 0.286. The summed E-state index contributed by atoms with van der Waals surface area (Å²) in [6.07, 6.45) is 2.09. The van der Waals surface area contributed by atoms with Crippen LogP contribution in [0.4, 0.5) is 0 Å². The highest BCUT2D eigenvalue weighted by Gasteiger charge is 1.87. The second kappa shape index (κ2) is 3.46. The quantitative estimate of drug-likeness (QED) is 0.576. The van der Waals surface area contributed by atoms with E-state index in [0.29, 0.717) is 18.0 Å². The van der Waals surface area contributed by atoms with Crippen LogP contribution < -0.4 is 0 Å². The molecule has 1 nitrogen and oxygen atoms in total. The fourth-order valence-electron chi connectivity index (χ4n) is 0.538. The summed E-state index contributed by atoms with van der Waals surface area (Å²) in [4.78, 5) is 3.94. The van der Waals surface area contributed by atoms with Crippen LogP contribution in [0.25, 0.3) is 0 Å². The summed E-state index contributed by atoms with van der Waals surface area (Å²) in [5.74, 6) is 0.447. The maximum absolute atomic E-state index is 7.39. The molecule has 9 heavy (non-hydrogen) atoms. The number of halogens is 1. The molecule has 48 valence electrons. The first kappa shape index (κ1) is 4.29. The van der Waals surface area contributed by atoms with Crippen molar-refractivity contribution in [1.29, 1.82) is 0 Å². The number of aryl methyl sites for hydroxylation is 1. The van der Waals surface area contributed by atoms with Gasteiger partial charge in [-0.1, -0.05) is 6.04 Å². The Morgan fingerprint density at radius 3 is 3.44 bits per heavy atom. The number of alkyl halides is 1. The molecule has 0 spiro atoms. The molecule has 0 aromatic carbocycles. The lowest BCUT2D eigenvalue weighted by Gasteiger charge is -1.91. The summed E-state index contributed by atoms with van der Waals surface area (Å²) in [6.45, 7) is 0. The molecular weight excluding hydrogens is 134 g/mol. The van der Waals surface area contributed by atoms with Crippen LogP contribution in [0, 0.1) is 0 Å². The van der Waals surface area contributed by atoms with Crippen molar-refractivity contribution in [3.63, 3.8) is 0 Å². The molecule has 2 heteroatoms. The van der Waals surface area contributed by atoms with E-state index in [9.17, 15) is 0 Å². The van der Waals surface area contributed by atoms with Crippen molar-refractivity contribution in [1.82, 2.24) is 4.98 Å². The van der Waals surface area contributed by atoms with Gasteiger partial charge in [-0.25, -0.2) is 0 Å². The maximum Gasteiger partial charge on any atom is 0.0642 e. The Labute approximate surface area is 62.5 Å². The lowest BCUT2D eigenvalue weighted by Crippen LogP contribution is -1.87. The van der Waals surface area contributed by atoms with Gasteiger partial charge in [-0.2, -0.15) is 0 Å². The largest absolute Gasteiger partial charge is 0.261 e. The van der Waals surface area contributed by atoms with Gasteiger partial charge in [0, 0.05) is 24.2 Å². The summed E-state index contributed by atoms with van der Waals surface area (Å²) in [6, 6.07) is 1.90.